The van der Waals surface area contributed by atoms with Crippen molar-refractivity contribution in [2.45, 2.75) is 13.8 Å². The maximum absolute atomic E-state index is 14.3. The van der Waals surface area contributed by atoms with Crippen LogP contribution in [0.2, 0.25) is 5.02 Å². The summed E-state index contributed by atoms with van der Waals surface area (Å²) in [5, 5.41) is 0.404. The highest BCUT2D eigenvalue weighted by atomic mass is 35.5. The van der Waals surface area contributed by atoms with E-state index in [4.69, 9.17) is 11.6 Å². The molecule has 106 valence electrons. The molecular formula is C16H12ClFN2O. The number of fused-ring (bicyclic) bond motifs is 1. The second-order valence-corrected chi connectivity index (χ2v) is 5.30. The van der Waals surface area contributed by atoms with Gasteiger partial charge in [-0.3, -0.25) is 9.36 Å². The van der Waals surface area contributed by atoms with Crippen molar-refractivity contribution in [3.8, 4) is 11.1 Å². The number of hydrogen-bond acceptors (Lipinski definition) is 2. The molecule has 3 rings (SSSR count). The monoisotopic (exact) mass is 302 g/mol. The molecule has 0 bridgehead atoms. The Bertz CT molecular complexity index is 870. The largest absolute Gasteiger partial charge is 0.274 e. The minimum atomic E-state index is -0.312. The van der Waals surface area contributed by atoms with Crippen LogP contribution in [0.4, 0.5) is 4.39 Å². The van der Waals surface area contributed by atoms with Crippen LogP contribution in [0.15, 0.2) is 36.7 Å². The van der Waals surface area contributed by atoms with Crippen LogP contribution in [0, 0.1) is 12.7 Å². The van der Waals surface area contributed by atoms with E-state index >= 15 is 0 Å². The highest BCUT2D eigenvalue weighted by molar-refractivity contribution is 6.34. The van der Waals surface area contributed by atoms with Gasteiger partial charge in [0.2, 0.25) is 5.91 Å². The molecule has 0 amide bonds. The lowest BCUT2D eigenvalue weighted by molar-refractivity contribution is 0.0941. The van der Waals surface area contributed by atoms with Crippen molar-refractivity contribution in [3.63, 3.8) is 0 Å². The maximum Gasteiger partial charge on any atom is 0.229 e. The normalized spacial score (nSPS) is 11.0. The molecule has 1 aromatic heterocycles. The van der Waals surface area contributed by atoms with Crippen molar-refractivity contribution in [2.75, 3.05) is 0 Å². The Hall–Kier alpha value is -2.20. The highest BCUT2D eigenvalue weighted by Crippen LogP contribution is 2.34. The van der Waals surface area contributed by atoms with Crippen LogP contribution in [-0.2, 0) is 0 Å². The van der Waals surface area contributed by atoms with Gasteiger partial charge < -0.3 is 0 Å². The Balaban J connectivity index is 2.32. The number of halogens is 2. The first-order valence-electron chi connectivity index (χ1n) is 6.42. The van der Waals surface area contributed by atoms with Crippen LogP contribution in [-0.4, -0.2) is 15.5 Å². The second kappa shape index (κ2) is 4.97. The minimum Gasteiger partial charge on any atom is -0.274 e. The third kappa shape index (κ3) is 2.21. The zero-order chi connectivity index (χ0) is 15.1. The summed E-state index contributed by atoms with van der Waals surface area (Å²) in [6.07, 6.45) is 1.44. The van der Waals surface area contributed by atoms with E-state index in [1.165, 1.54) is 17.8 Å². The number of aromatic nitrogens is 2. The number of carbonyl (C=O) groups excluding carboxylic acids is 1. The topological polar surface area (TPSA) is 34.9 Å². The lowest BCUT2D eigenvalue weighted by Gasteiger charge is -2.09. The fraction of sp³-hybridized carbons (Fsp3) is 0.125. The summed E-state index contributed by atoms with van der Waals surface area (Å²) in [5.41, 5.74) is 2.73. The van der Waals surface area contributed by atoms with Crippen LogP contribution in [0.25, 0.3) is 22.2 Å². The van der Waals surface area contributed by atoms with Crippen LogP contribution in [0.1, 0.15) is 17.3 Å². The Morgan fingerprint density at radius 3 is 2.76 bits per heavy atom. The molecule has 1 heterocycles. The van der Waals surface area contributed by atoms with Crippen molar-refractivity contribution in [3.05, 3.63) is 53.1 Å². The molecule has 0 radical (unpaired) electrons. The van der Waals surface area contributed by atoms with Gasteiger partial charge in [-0.05, 0) is 24.6 Å². The average Bonchev–Trinajstić information content (AvgIpc) is 2.84. The molecule has 0 fully saturated rings. The number of benzene rings is 2. The van der Waals surface area contributed by atoms with Crippen LogP contribution < -0.4 is 0 Å². The Kier molecular flexibility index (Phi) is 3.26. The van der Waals surface area contributed by atoms with Crippen LogP contribution >= 0.6 is 11.6 Å². The van der Waals surface area contributed by atoms with E-state index in [2.05, 4.69) is 4.98 Å². The zero-order valence-corrected chi connectivity index (χ0v) is 12.3. The molecule has 0 aliphatic rings. The number of hydrogen-bond donors (Lipinski definition) is 0. The fourth-order valence-corrected chi connectivity index (χ4v) is 2.60. The van der Waals surface area contributed by atoms with E-state index in [0.717, 1.165) is 0 Å². The van der Waals surface area contributed by atoms with Gasteiger partial charge in [0.25, 0.3) is 0 Å². The van der Waals surface area contributed by atoms with Crippen molar-refractivity contribution < 1.29 is 9.18 Å². The summed E-state index contributed by atoms with van der Waals surface area (Å²) in [6, 6.07) is 8.49. The second-order valence-electron chi connectivity index (χ2n) is 4.89. The molecule has 0 spiro atoms. The number of imidazole rings is 1. The zero-order valence-electron chi connectivity index (χ0n) is 11.5. The molecule has 5 heteroatoms. The summed E-state index contributed by atoms with van der Waals surface area (Å²) >= 11 is 6.25. The van der Waals surface area contributed by atoms with Gasteiger partial charge >= 0.3 is 0 Å². The fourth-order valence-electron chi connectivity index (χ4n) is 2.34. The molecule has 0 saturated heterocycles. The van der Waals surface area contributed by atoms with Crippen molar-refractivity contribution in [1.82, 2.24) is 9.55 Å². The Morgan fingerprint density at radius 1 is 1.29 bits per heavy atom. The van der Waals surface area contributed by atoms with Gasteiger partial charge in [-0.15, -0.1) is 0 Å². The maximum atomic E-state index is 14.3. The van der Waals surface area contributed by atoms with Gasteiger partial charge in [-0.2, -0.15) is 0 Å². The van der Waals surface area contributed by atoms with Crippen molar-refractivity contribution in [2.24, 2.45) is 0 Å². The van der Waals surface area contributed by atoms with Gasteiger partial charge in [0.05, 0.1) is 16.1 Å². The number of nitrogens with zero attached hydrogens (tertiary/aromatic N) is 2. The molecule has 3 aromatic rings. The average molecular weight is 303 g/mol. The first-order chi connectivity index (χ1) is 9.99. The van der Waals surface area contributed by atoms with Gasteiger partial charge in [-0.25, -0.2) is 9.37 Å². The smallest absolute Gasteiger partial charge is 0.229 e. The quantitative estimate of drug-likeness (QED) is 0.665. The molecule has 2 aromatic carbocycles. The van der Waals surface area contributed by atoms with Crippen LogP contribution in [0.3, 0.4) is 0 Å². The molecule has 0 atom stereocenters. The lowest BCUT2D eigenvalue weighted by Crippen LogP contribution is -2.03. The van der Waals surface area contributed by atoms with Crippen LogP contribution in [0.5, 0.6) is 0 Å². The van der Waals surface area contributed by atoms with E-state index in [-0.39, 0.29) is 11.7 Å². The summed E-state index contributed by atoms with van der Waals surface area (Å²) in [5.74, 6) is -0.469. The molecule has 0 aliphatic carbocycles. The van der Waals surface area contributed by atoms with E-state index in [1.807, 2.05) is 0 Å². The number of rotatable bonds is 1. The molecule has 3 nitrogen and oxygen atoms in total. The molecule has 0 saturated carbocycles. The van der Waals surface area contributed by atoms with Gasteiger partial charge in [0.1, 0.15) is 12.1 Å². The highest BCUT2D eigenvalue weighted by Gasteiger charge is 2.15. The van der Waals surface area contributed by atoms with E-state index < -0.39 is 0 Å². The van der Waals surface area contributed by atoms with Gasteiger partial charge in [0.15, 0.2) is 0 Å². The Morgan fingerprint density at radius 2 is 2.05 bits per heavy atom. The minimum absolute atomic E-state index is 0.157. The third-order valence-electron chi connectivity index (χ3n) is 3.46. The standard InChI is InChI=1S/C16H12ClFN2O/c1-9-4-3-5-11(16(9)18)12-6-15-14(7-13(12)17)19-8-20(15)10(2)21/h3-8H,1-2H3. The predicted molar refractivity (Wildman–Crippen MR) is 81.2 cm³/mol. The molecule has 0 unspecified atom stereocenters. The number of carbonyl (C=O) groups is 1. The molecule has 21 heavy (non-hydrogen) atoms. The first kappa shape index (κ1) is 13.8. The van der Waals surface area contributed by atoms with E-state index in [0.29, 0.717) is 32.7 Å². The van der Waals surface area contributed by atoms with E-state index in [9.17, 15) is 9.18 Å². The summed E-state index contributed by atoms with van der Waals surface area (Å²) in [6.45, 7) is 3.15. The summed E-state index contributed by atoms with van der Waals surface area (Å²) in [4.78, 5) is 15.7. The van der Waals surface area contributed by atoms with Crippen molar-refractivity contribution >= 4 is 28.5 Å². The lowest BCUT2D eigenvalue weighted by atomic mass is 10.0. The summed E-state index contributed by atoms with van der Waals surface area (Å²) < 4.78 is 15.7. The van der Waals surface area contributed by atoms with Gasteiger partial charge in [0, 0.05) is 18.1 Å². The number of aryl methyl sites for hydroxylation is 1. The van der Waals surface area contributed by atoms with E-state index in [1.54, 1.807) is 37.3 Å². The first-order valence-corrected chi connectivity index (χ1v) is 6.80. The predicted octanol–water partition coefficient (Wildman–Crippen LogP) is 4.46. The molecule has 0 N–H and O–H groups in total. The third-order valence-corrected chi connectivity index (χ3v) is 3.77. The van der Waals surface area contributed by atoms with Crippen molar-refractivity contribution in [1.29, 1.82) is 0 Å². The Labute approximate surface area is 126 Å². The SMILES string of the molecule is CC(=O)n1cnc2cc(Cl)c(-c3cccc(C)c3F)cc21. The molecular weight excluding hydrogens is 291 g/mol. The summed E-state index contributed by atoms with van der Waals surface area (Å²) in [7, 11) is 0. The van der Waals surface area contributed by atoms with Gasteiger partial charge in [-0.1, -0.05) is 29.8 Å². The molecule has 0 aliphatic heterocycles.